The Bertz CT molecular complexity index is 1240. The monoisotopic (exact) mass is 493 g/mol. The number of amides is 1. The fraction of sp³-hybridized carbons (Fsp3) is 0.154. The maximum absolute atomic E-state index is 13.1. The molecule has 2 atom stereocenters. The lowest BCUT2D eigenvalue weighted by molar-refractivity contribution is -0.157. The van der Waals surface area contributed by atoms with Crippen molar-refractivity contribution in [3.05, 3.63) is 90.0 Å². The second kappa shape index (κ2) is 12.0. The molecule has 0 saturated heterocycles. The van der Waals surface area contributed by atoms with Crippen LogP contribution in [0.4, 0.5) is 5.69 Å². The molecule has 1 amide bonds. The van der Waals surface area contributed by atoms with Crippen molar-refractivity contribution in [2.45, 2.75) is 12.2 Å². The minimum absolute atomic E-state index is 0.00452. The smallest absolute Gasteiger partial charge is 0.349 e. The van der Waals surface area contributed by atoms with Crippen LogP contribution in [-0.2, 0) is 19.1 Å². The number of carboxylic acids is 1. The molecule has 10 heteroatoms. The van der Waals surface area contributed by atoms with Crippen LogP contribution in [0.5, 0.6) is 11.5 Å². The summed E-state index contributed by atoms with van der Waals surface area (Å²) in [7, 11) is 2.80. The number of hydrogen-bond acceptors (Lipinski definition) is 8. The molecular weight excluding hydrogens is 470 g/mol. The highest BCUT2D eigenvalue weighted by Crippen LogP contribution is 2.19. The number of ether oxygens (including phenoxy) is 4. The van der Waals surface area contributed by atoms with Crippen molar-refractivity contribution in [3.63, 3.8) is 0 Å². The van der Waals surface area contributed by atoms with Gasteiger partial charge < -0.3 is 29.4 Å². The Morgan fingerprint density at radius 2 is 1.19 bits per heavy atom. The van der Waals surface area contributed by atoms with E-state index < -0.39 is 36.0 Å². The molecule has 36 heavy (non-hydrogen) atoms. The third kappa shape index (κ3) is 6.60. The van der Waals surface area contributed by atoms with E-state index in [-0.39, 0.29) is 11.1 Å². The van der Waals surface area contributed by atoms with Crippen LogP contribution in [0.3, 0.4) is 0 Å². The van der Waals surface area contributed by atoms with Gasteiger partial charge in [-0.25, -0.2) is 14.4 Å². The molecule has 0 aliphatic carbocycles. The van der Waals surface area contributed by atoms with Crippen LogP contribution in [0.1, 0.15) is 20.7 Å². The summed E-state index contributed by atoms with van der Waals surface area (Å²) in [5, 5.41) is 12.3. The van der Waals surface area contributed by atoms with Crippen LogP contribution in [-0.4, -0.2) is 55.3 Å². The first-order chi connectivity index (χ1) is 17.3. The van der Waals surface area contributed by atoms with Gasteiger partial charge >= 0.3 is 17.9 Å². The third-order valence-corrected chi connectivity index (χ3v) is 4.90. The summed E-state index contributed by atoms with van der Waals surface area (Å²) in [5.41, 5.74) is 0.283. The highest BCUT2D eigenvalue weighted by Gasteiger charge is 2.41. The van der Waals surface area contributed by atoms with Gasteiger partial charge in [-0.3, -0.25) is 4.79 Å². The number of rotatable bonds is 10. The maximum Gasteiger partial charge on any atom is 0.349 e. The number of carbonyl (C=O) groups excluding carboxylic acids is 3. The Kier molecular flexibility index (Phi) is 8.60. The number of methoxy groups -OCH3 is 2. The van der Waals surface area contributed by atoms with E-state index in [1.54, 1.807) is 42.5 Å². The first-order valence-electron chi connectivity index (χ1n) is 10.6. The molecule has 0 heterocycles. The highest BCUT2D eigenvalue weighted by molar-refractivity contribution is 6.01. The summed E-state index contributed by atoms with van der Waals surface area (Å²) in [6, 6.07) is 19.8. The van der Waals surface area contributed by atoms with E-state index in [4.69, 9.17) is 18.9 Å². The van der Waals surface area contributed by atoms with Crippen molar-refractivity contribution >= 4 is 29.5 Å². The van der Waals surface area contributed by atoms with E-state index in [0.29, 0.717) is 17.2 Å². The van der Waals surface area contributed by atoms with Gasteiger partial charge in [-0.15, -0.1) is 0 Å². The molecule has 0 saturated carbocycles. The number of benzene rings is 3. The summed E-state index contributed by atoms with van der Waals surface area (Å²) in [4.78, 5) is 50.8. The standard InChI is InChI=1S/C26H23NO9/c1-33-19-12-6-8-16(14-19)25(31)35-21(23(28)27-18-10-4-3-5-11-18)22(24(29)30)36-26(32)17-9-7-13-20(15-17)34-2/h3-15,21-22H,1-2H3,(H,27,28)(H,29,30). The third-order valence-electron chi connectivity index (χ3n) is 4.90. The van der Waals surface area contributed by atoms with Crippen LogP contribution >= 0.6 is 0 Å². The normalized spacial score (nSPS) is 11.9. The predicted octanol–water partition coefficient (Wildman–Crippen LogP) is 3.18. The van der Waals surface area contributed by atoms with Gasteiger partial charge in [0.05, 0.1) is 25.3 Å². The molecule has 3 aromatic carbocycles. The molecule has 10 nitrogen and oxygen atoms in total. The average molecular weight is 493 g/mol. The summed E-state index contributed by atoms with van der Waals surface area (Å²) in [5.74, 6) is -4.11. The SMILES string of the molecule is COc1cccc(C(=O)OC(C(=O)O)C(OC(=O)c2cccc(OC)c2)C(=O)Nc2ccccc2)c1. The Labute approximate surface area is 206 Å². The number of anilines is 1. The molecular formula is C26H23NO9. The molecule has 3 aromatic rings. The van der Waals surface area contributed by atoms with Crippen molar-refractivity contribution in [1.82, 2.24) is 0 Å². The number of para-hydroxylation sites is 1. The van der Waals surface area contributed by atoms with Gasteiger partial charge in [-0.05, 0) is 48.5 Å². The lowest BCUT2D eigenvalue weighted by Crippen LogP contribution is -2.48. The van der Waals surface area contributed by atoms with Gasteiger partial charge in [-0.2, -0.15) is 0 Å². The Morgan fingerprint density at radius 1 is 0.694 bits per heavy atom. The van der Waals surface area contributed by atoms with Crippen LogP contribution in [0, 0.1) is 0 Å². The maximum atomic E-state index is 13.1. The highest BCUT2D eigenvalue weighted by atomic mass is 16.6. The topological polar surface area (TPSA) is 137 Å². The number of carbonyl (C=O) groups is 4. The minimum Gasteiger partial charge on any atom is -0.497 e. The zero-order chi connectivity index (χ0) is 26.1. The van der Waals surface area contributed by atoms with Crippen molar-refractivity contribution in [3.8, 4) is 11.5 Å². The van der Waals surface area contributed by atoms with Crippen molar-refractivity contribution in [2.75, 3.05) is 19.5 Å². The minimum atomic E-state index is -2.16. The molecule has 0 aliphatic rings. The van der Waals surface area contributed by atoms with Crippen molar-refractivity contribution < 1.29 is 43.2 Å². The predicted molar refractivity (Wildman–Crippen MR) is 127 cm³/mol. The van der Waals surface area contributed by atoms with Gasteiger partial charge in [0.2, 0.25) is 12.2 Å². The van der Waals surface area contributed by atoms with Crippen molar-refractivity contribution in [2.24, 2.45) is 0 Å². The van der Waals surface area contributed by atoms with E-state index in [0.717, 1.165) is 0 Å². The van der Waals surface area contributed by atoms with Crippen LogP contribution in [0.15, 0.2) is 78.9 Å². The van der Waals surface area contributed by atoms with E-state index >= 15 is 0 Å². The second-order valence-electron chi connectivity index (χ2n) is 7.31. The van der Waals surface area contributed by atoms with Gasteiger partial charge in [-0.1, -0.05) is 30.3 Å². The van der Waals surface area contributed by atoms with E-state index in [9.17, 15) is 24.3 Å². The largest absolute Gasteiger partial charge is 0.497 e. The molecule has 0 bridgehead atoms. The number of esters is 2. The Balaban J connectivity index is 1.91. The molecule has 186 valence electrons. The fourth-order valence-electron chi connectivity index (χ4n) is 3.10. The lowest BCUT2D eigenvalue weighted by atomic mass is 10.1. The van der Waals surface area contributed by atoms with E-state index in [1.807, 2.05) is 0 Å². The van der Waals surface area contributed by atoms with Crippen LogP contribution in [0.25, 0.3) is 0 Å². The average Bonchev–Trinajstić information content (AvgIpc) is 2.90. The van der Waals surface area contributed by atoms with E-state index in [2.05, 4.69) is 5.32 Å². The molecule has 2 unspecified atom stereocenters. The molecule has 0 aliphatic heterocycles. The summed E-state index contributed by atoms with van der Waals surface area (Å²) in [6.07, 6.45) is -4.20. The van der Waals surface area contributed by atoms with Crippen molar-refractivity contribution in [1.29, 1.82) is 0 Å². The van der Waals surface area contributed by atoms with Crippen LogP contribution in [0.2, 0.25) is 0 Å². The zero-order valence-electron chi connectivity index (χ0n) is 19.4. The molecule has 3 rings (SSSR count). The molecule has 0 aromatic heterocycles. The number of aliphatic carboxylic acids is 1. The summed E-state index contributed by atoms with van der Waals surface area (Å²) in [6.45, 7) is 0. The first-order valence-corrected chi connectivity index (χ1v) is 10.6. The van der Waals surface area contributed by atoms with E-state index in [1.165, 1.54) is 50.6 Å². The van der Waals surface area contributed by atoms with Gasteiger partial charge in [0.15, 0.2) is 0 Å². The molecule has 0 fully saturated rings. The number of carboxylic acid groups (broad SMARTS) is 1. The van der Waals surface area contributed by atoms with Gasteiger partial charge in [0.25, 0.3) is 5.91 Å². The second-order valence-corrected chi connectivity index (χ2v) is 7.31. The number of hydrogen-bond donors (Lipinski definition) is 2. The van der Waals surface area contributed by atoms with Gasteiger partial charge in [0.1, 0.15) is 11.5 Å². The first kappa shape index (κ1) is 25.8. The van der Waals surface area contributed by atoms with Gasteiger partial charge in [0, 0.05) is 5.69 Å². The number of nitrogens with one attached hydrogen (secondary N) is 1. The quantitative estimate of drug-likeness (QED) is 0.408. The lowest BCUT2D eigenvalue weighted by Gasteiger charge is -2.23. The summed E-state index contributed by atoms with van der Waals surface area (Å²) >= 11 is 0. The zero-order valence-corrected chi connectivity index (χ0v) is 19.4. The Hall–Kier alpha value is -4.86. The molecule has 0 spiro atoms. The molecule has 0 radical (unpaired) electrons. The molecule has 2 N–H and O–H groups in total. The summed E-state index contributed by atoms with van der Waals surface area (Å²) < 4.78 is 20.6. The fourth-order valence-corrected chi connectivity index (χ4v) is 3.10. The Morgan fingerprint density at radius 3 is 1.67 bits per heavy atom. The van der Waals surface area contributed by atoms with Crippen LogP contribution < -0.4 is 14.8 Å².